The molecule has 0 aliphatic carbocycles. The zero-order valence-corrected chi connectivity index (χ0v) is 9.83. The van der Waals surface area contributed by atoms with Gasteiger partial charge in [0.05, 0.1) is 19.9 Å². The predicted octanol–water partition coefficient (Wildman–Crippen LogP) is -0.677. The minimum atomic E-state index is -0.661. The molecule has 0 aromatic heterocycles. The van der Waals surface area contributed by atoms with Crippen molar-refractivity contribution in [2.45, 2.75) is 6.42 Å². The van der Waals surface area contributed by atoms with E-state index in [-0.39, 0.29) is 0 Å². The molecule has 96 valence electrons. The van der Waals surface area contributed by atoms with Crippen LogP contribution in [-0.2, 0) is 4.74 Å². The van der Waals surface area contributed by atoms with Crippen LogP contribution in [0.25, 0.3) is 0 Å². The summed E-state index contributed by atoms with van der Waals surface area (Å²) in [6, 6.07) is 0. The molecule has 2 rings (SSSR count). The Kier molecular flexibility index (Phi) is 3.75. The van der Waals surface area contributed by atoms with E-state index in [0.29, 0.717) is 25.2 Å². The normalized spacial score (nSPS) is 28.4. The van der Waals surface area contributed by atoms with Gasteiger partial charge in [0, 0.05) is 19.1 Å². The summed E-state index contributed by atoms with van der Waals surface area (Å²) in [7, 11) is 1.95. The first-order chi connectivity index (χ1) is 8.15. The molecular weight excluding hydrogens is 226 g/mol. The monoisotopic (exact) mass is 243 g/mol. The maximum atomic E-state index is 10.4. The molecule has 0 saturated carbocycles. The lowest BCUT2D eigenvalue weighted by Gasteiger charge is -2.36. The first kappa shape index (κ1) is 12.1. The largest absolute Gasteiger partial charge is 0.381 e. The van der Waals surface area contributed by atoms with E-state index in [4.69, 9.17) is 4.74 Å². The lowest BCUT2D eigenvalue weighted by Crippen LogP contribution is -2.56. The van der Waals surface area contributed by atoms with Crippen LogP contribution in [0, 0.1) is 16.0 Å². The maximum Gasteiger partial charge on any atom is 0.273 e. The van der Waals surface area contributed by atoms with Gasteiger partial charge in [-0.1, -0.05) is 0 Å². The molecule has 0 spiro atoms. The summed E-state index contributed by atoms with van der Waals surface area (Å²) >= 11 is 0. The highest BCUT2D eigenvalue weighted by Gasteiger charge is 2.26. The molecule has 0 bridgehead atoms. The van der Waals surface area contributed by atoms with Crippen molar-refractivity contribution >= 4 is 5.96 Å². The number of rotatable bonds is 3. The van der Waals surface area contributed by atoms with E-state index in [1.165, 1.54) is 0 Å². The Balaban J connectivity index is 2.00. The summed E-state index contributed by atoms with van der Waals surface area (Å²) in [6.07, 6.45) is 1.01. The molecular formula is C9H17N5O3. The van der Waals surface area contributed by atoms with E-state index >= 15 is 0 Å². The third kappa shape index (κ3) is 3.27. The summed E-state index contributed by atoms with van der Waals surface area (Å²) in [5.41, 5.74) is 0. The molecule has 1 unspecified atom stereocenters. The topological polar surface area (TPSA) is 83.2 Å². The van der Waals surface area contributed by atoms with Gasteiger partial charge in [-0.15, -0.1) is 0 Å². The second-order valence-electron chi connectivity index (χ2n) is 4.45. The van der Waals surface area contributed by atoms with Crippen LogP contribution in [0.1, 0.15) is 6.42 Å². The van der Waals surface area contributed by atoms with Gasteiger partial charge in [-0.05, 0) is 13.5 Å². The van der Waals surface area contributed by atoms with Crippen molar-refractivity contribution in [3.05, 3.63) is 10.1 Å². The Hall–Kier alpha value is -1.41. The summed E-state index contributed by atoms with van der Waals surface area (Å²) in [5, 5.41) is 16.1. The van der Waals surface area contributed by atoms with Crippen LogP contribution < -0.4 is 5.32 Å². The number of hydrazone groups is 1. The van der Waals surface area contributed by atoms with Crippen LogP contribution in [0.4, 0.5) is 0 Å². The van der Waals surface area contributed by atoms with Gasteiger partial charge in [-0.2, -0.15) is 0 Å². The fourth-order valence-corrected chi connectivity index (χ4v) is 2.09. The molecule has 1 N–H and O–H groups in total. The fraction of sp³-hybridized carbons (Fsp3) is 0.889. The van der Waals surface area contributed by atoms with Gasteiger partial charge in [0.25, 0.3) is 5.96 Å². The molecule has 2 aliphatic heterocycles. The highest BCUT2D eigenvalue weighted by atomic mass is 16.7. The second-order valence-corrected chi connectivity index (χ2v) is 4.45. The Morgan fingerprint density at radius 1 is 1.71 bits per heavy atom. The average molecular weight is 243 g/mol. The van der Waals surface area contributed by atoms with Crippen LogP contribution in [0.3, 0.4) is 0 Å². The second kappa shape index (κ2) is 5.28. The van der Waals surface area contributed by atoms with Gasteiger partial charge in [0.1, 0.15) is 5.10 Å². The highest BCUT2D eigenvalue weighted by Crippen LogP contribution is 2.15. The lowest BCUT2D eigenvalue weighted by molar-refractivity contribution is -0.486. The van der Waals surface area contributed by atoms with Gasteiger partial charge in [-0.3, -0.25) is 4.90 Å². The van der Waals surface area contributed by atoms with Crippen LogP contribution in [-0.4, -0.2) is 60.9 Å². The molecule has 2 saturated heterocycles. The van der Waals surface area contributed by atoms with Crippen LogP contribution in [0.15, 0.2) is 5.10 Å². The first-order valence-electron chi connectivity index (χ1n) is 5.63. The standard InChI is InChI=1S/C9H17N5O3/c1-12-6-10-9(11-14(15)16)13(7-12)4-8-2-3-17-5-8/h8H,2-7H2,1H3,(H,10,11). The molecule has 8 nitrogen and oxygen atoms in total. The van der Waals surface area contributed by atoms with Crippen molar-refractivity contribution < 1.29 is 9.77 Å². The third-order valence-corrected chi connectivity index (χ3v) is 2.90. The molecule has 8 heteroatoms. The number of nitrogens with one attached hydrogen (secondary N) is 1. The van der Waals surface area contributed by atoms with Gasteiger partial charge >= 0.3 is 0 Å². The van der Waals surface area contributed by atoms with Gasteiger partial charge in [0.15, 0.2) is 5.03 Å². The van der Waals surface area contributed by atoms with Crippen molar-refractivity contribution in [1.82, 2.24) is 15.1 Å². The highest BCUT2D eigenvalue weighted by molar-refractivity contribution is 5.79. The van der Waals surface area contributed by atoms with Crippen LogP contribution >= 0.6 is 0 Å². The average Bonchev–Trinajstić information content (AvgIpc) is 2.74. The zero-order valence-electron chi connectivity index (χ0n) is 9.83. The molecule has 2 fully saturated rings. The van der Waals surface area contributed by atoms with Crippen molar-refractivity contribution in [3.8, 4) is 0 Å². The summed E-state index contributed by atoms with van der Waals surface area (Å²) in [4.78, 5) is 14.4. The minimum Gasteiger partial charge on any atom is -0.381 e. The molecule has 2 heterocycles. The molecule has 0 aromatic carbocycles. The lowest BCUT2D eigenvalue weighted by atomic mass is 10.1. The van der Waals surface area contributed by atoms with Crippen molar-refractivity contribution in [3.63, 3.8) is 0 Å². The Bertz CT molecular complexity index is 316. The predicted molar refractivity (Wildman–Crippen MR) is 60.7 cm³/mol. The van der Waals surface area contributed by atoms with Gasteiger partial charge in [0.2, 0.25) is 0 Å². The summed E-state index contributed by atoms with van der Waals surface area (Å²) in [5.74, 6) is 0.778. The van der Waals surface area contributed by atoms with Crippen LogP contribution in [0.2, 0.25) is 0 Å². The molecule has 0 aromatic rings. The van der Waals surface area contributed by atoms with Crippen molar-refractivity contribution in [2.24, 2.45) is 11.0 Å². The summed E-state index contributed by atoms with van der Waals surface area (Å²) in [6.45, 7) is 3.47. The smallest absolute Gasteiger partial charge is 0.273 e. The first-order valence-corrected chi connectivity index (χ1v) is 5.63. The van der Waals surface area contributed by atoms with E-state index in [1.807, 2.05) is 16.8 Å². The van der Waals surface area contributed by atoms with E-state index < -0.39 is 5.03 Å². The molecule has 17 heavy (non-hydrogen) atoms. The van der Waals surface area contributed by atoms with Crippen molar-refractivity contribution in [1.29, 1.82) is 0 Å². The fourth-order valence-electron chi connectivity index (χ4n) is 2.09. The summed E-state index contributed by atoms with van der Waals surface area (Å²) < 4.78 is 5.31. The molecule has 1 atom stereocenters. The third-order valence-electron chi connectivity index (χ3n) is 2.90. The maximum absolute atomic E-state index is 10.4. The van der Waals surface area contributed by atoms with E-state index in [9.17, 15) is 10.1 Å². The van der Waals surface area contributed by atoms with Crippen LogP contribution in [0.5, 0.6) is 0 Å². The quantitative estimate of drug-likeness (QED) is 0.522. The SMILES string of the molecule is CN1CNC(=N[N+](=O)[O-])N(CC2CCOC2)C1. The minimum absolute atomic E-state index is 0.347. The van der Waals surface area contributed by atoms with Gasteiger partial charge < -0.3 is 15.0 Å². The molecule has 0 amide bonds. The van der Waals surface area contributed by atoms with E-state index in [0.717, 1.165) is 26.2 Å². The van der Waals surface area contributed by atoms with Gasteiger partial charge in [-0.25, -0.2) is 10.1 Å². The number of hydrogen-bond acceptors (Lipinski definition) is 4. The van der Waals surface area contributed by atoms with Crippen molar-refractivity contribution in [2.75, 3.05) is 40.1 Å². The Labute approximate surface area is 99.3 Å². The Morgan fingerprint density at radius 2 is 2.53 bits per heavy atom. The number of nitro groups is 1. The molecule has 0 radical (unpaired) electrons. The Morgan fingerprint density at radius 3 is 3.18 bits per heavy atom. The zero-order chi connectivity index (χ0) is 12.3. The van der Waals surface area contributed by atoms with E-state index in [1.54, 1.807) is 0 Å². The molecule has 2 aliphatic rings. The number of guanidine groups is 1. The number of ether oxygens (including phenoxy) is 1. The number of hydrogen-bond donors (Lipinski definition) is 1. The van der Waals surface area contributed by atoms with E-state index in [2.05, 4.69) is 10.4 Å². The number of nitrogens with zero attached hydrogens (tertiary/aromatic N) is 4.